The maximum absolute atomic E-state index is 10.4. The second-order valence-corrected chi connectivity index (χ2v) is 2.01. The molecule has 3 nitrogen and oxygen atoms in total. The molecule has 0 amide bonds. The van der Waals surface area contributed by atoms with Crippen LogP contribution in [-0.2, 0) is 0 Å². The minimum absolute atomic E-state index is 0.287. The van der Waals surface area contributed by atoms with Crippen molar-refractivity contribution in [3.63, 3.8) is 0 Å². The van der Waals surface area contributed by atoms with Crippen LogP contribution in [0.1, 0.15) is 5.56 Å². The Bertz CT molecular complexity index is 226. The average molecular weight is 144 g/mol. The van der Waals surface area contributed by atoms with Gasteiger partial charge in [0, 0.05) is 5.88 Å². The third kappa shape index (κ3) is 1.29. The molecule has 0 saturated heterocycles. The van der Waals surface area contributed by atoms with Gasteiger partial charge in [-0.25, -0.2) is 0 Å². The Morgan fingerprint density at radius 1 is 1.56 bits per heavy atom. The number of aromatic nitrogens is 2. The van der Waals surface area contributed by atoms with Crippen molar-refractivity contribution in [1.29, 1.82) is 0 Å². The van der Waals surface area contributed by atoms with E-state index >= 15 is 0 Å². The zero-order valence-electron chi connectivity index (χ0n) is 4.76. The molecule has 4 heteroatoms. The fourth-order valence-corrected chi connectivity index (χ4v) is 0.538. The molecule has 0 N–H and O–H groups in total. The maximum atomic E-state index is 10.4. The first-order valence-corrected chi connectivity index (χ1v) is 2.75. The molecule has 0 saturated carbocycles. The summed E-state index contributed by atoms with van der Waals surface area (Å²) in [4.78, 5) is 0. The van der Waals surface area contributed by atoms with Crippen molar-refractivity contribution in [2.24, 2.45) is 0 Å². The fraction of sp³-hybridized carbons (Fsp3) is 0.200. The first-order valence-electron chi connectivity index (χ1n) is 2.37. The molecule has 1 rings (SSSR count). The van der Waals surface area contributed by atoms with Gasteiger partial charge in [0.1, 0.15) is 0 Å². The third-order valence-electron chi connectivity index (χ3n) is 0.902. The van der Waals surface area contributed by atoms with Crippen molar-refractivity contribution in [1.82, 2.24) is 10.2 Å². The number of hydrogen-bond acceptors (Lipinski definition) is 3. The summed E-state index contributed by atoms with van der Waals surface area (Å²) in [5.74, 6) is -0.350. The normalized spacial score (nSPS) is 9.56. The summed E-state index contributed by atoms with van der Waals surface area (Å²) in [6, 6.07) is 1.34. The summed E-state index contributed by atoms with van der Waals surface area (Å²) >= 11 is 5.47. The van der Waals surface area contributed by atoms with Crippen molar-refractivity contribution in [2.75, 3.05) is 0 Å². The van der Waals surface area contributed by atoms with Crippen LogP contribution in [-0.4, -0.2) is 10.2 Å². The van der Waals surface area contributed by atoms with Crippen LogP contribution < -0.4 is 5.11 Å². The highest BCUT2D eigenvalue weighted by atomic mass is 35.5. The van der Waals surface area contributed by atoms with Gasteiger partial charge in [0.15, 0.2) is 5.15 Å². The van der Waals surface area contributed by atoms with Crippen LogP contribution in [0.25, 0.3) is 0 Å². The summed E-state index contributed by atoms with van der Waals surface area (Å²) in [7, 11) is 0. The standard InChI is InChI=1S/C5H5ClN2O/c1-3-2-4(9)7-8-5(3)6/h2H,1H3,(H,7,9)/p-1. The lowest BCUT2D eigenvalue weighted by atomic mass is 10.3. The van der Waals surface area contributed by atoms with Crippen molar-refractivity contribution in [2.45, 2.75) is 6.92 Å². The highest BCUT2D eigenvalue weighted by Crippen LogP contribution is 2.11. The number of aryl methyl sites for hydroxylation is 1. The van der Waals surface area contributed by atoms with Crippen LogP contribution in [0.3, 0.4) is 0 Å². The summed E-state index contributed by atoms with van der Waals surface area (Å²) in [5.41, 5.74) is 0.664. The summed E-state index contributed by atoms with van der Waals surface area (Å²) < 4.78 is 0. The van der Waals surface area contributed by atoms with Gasteiger partial charge in [0.25, 0.3) is 0 Å². The quantitative estimate of drug-likeness (QED) is 0.532. The van der Waals surface area contributed by atoms with Crippen molar-refractivity contribution in [3.05, 3.63) is 16.8 Å². The predicted octanol–water partition coefficient (Wildman–Crippen LogP) is 0.512. The molecule has 0 aliphatic carbocycles. The summed E-state index contributed by atoms with van der Waals surface area (Å²) in [6.07, 6.45) is 0. The van der Waals surface area contributed by atoms with Gasteiger partial charge in [0.2, 0.25) is 0 Å². The number of halogens is 1. The van der Waals surface area contributed by atoms with Gasteiger partial charge >= 0.3 is 0 Å². The molecule has 0 atom stereocenters. The second kappa shape index (κ2) is 2.19. The molecule has 9 heavy (non-hydrogen) atoms. The van der Waals surface area contributed by atoms with E-state index in [0.717, 1.165) is 0 Å². The first kappa shape index (κ1) is 6.29. The Labute approximate surface area is 57.3 Å². The molecule has 0 bridgehead atoms. The highest BCUT2D eigenvalue weighted by Gasteiger charge is 1.92. The van der Waals surface area contributed by atoms with E-state index in [1.165, 1.54) is 6.07 Å². The molecule has 0 aliphatic heterocycles. The molecule has 0 radical (unpaired) electrons. The minimum Gasteiger partial charge on any atom is -0.857 e. The monoisotopic (exact) mass is 143 g/mol. The van der Waals surface area contributed by atoms with E-state index in [-0.39, 0.29) is 11.0 Å². The van der Waals surface area contributed by atoms with Gasteiger partial charge in [0.05, 0.1) is 0 Å². The number of hydrogen-bond donors (Lipinski definition) is 0. The molecule has 1 aromatic heterocycles. The lowest BCUT2D eigenvalue weighted by molar-refractivity contribution is -0.276. The van der Waals surface area contributed by atoms with E-state index in [0.29, 0.717) is 5.56 Å². The van der Waals surface area contributed by atoms with E-state index in [1.54, 1.807) is 6.92 Å². The van der Waals surface area contributed by atoms with Crippen molar-refractivity contribution >= 4 is 11.6 Å². The van der Waals surface area contributed by atoms with Gasteiger partial charge in [-0.05, 0) is 18.6 Å². The minimum atomic E-state index is -0.350. The fourth-order valence-electron chi connectivity index (χ4n) is 0.446. The predicted molar refractivity (Wildman–Crippen MR) is 31.2 cm³/mol. The largest absolute Gasteiger partial charge is 0.857 e. The van der Waals surface area contributed by atoms with Gasteiger partial charge in [-0.15, -0.1) is 5.10 Å². The Hall–Kier alpha value is -0.830. The summed E-state index contributed by atoms with van der Waals surface area (Å²) in [6.45, 7) is 1.71. The Kier molecular flexibility index (Phi) is 1.53. The van der Waals surface area contributed by atoms with E-state index in [4.69, 9.17) is 11.6 Å². The molecule has 0 fully saturated rings. The molecule has 0 aliphatic rings. The van der Waals surface area contributed by atoms with E-state index in [1.807, 2.05) is 0 Å². The SMILES string of the molecule is Cc1cc([O-])nnc1Cl. The van der Waals surface area contributed by atoms with Crippen LogP contribution in [0.5, 0.6) is 5.88 Å². The average Bonchev–Trinajstić information content (AvgIpc) is 1.80. The molecule has 0 spiro atoms. The van der Waals surface area contributed by atoms with E-state index in [9.17, 15) is 5.11 Å². The molecule has 0 unspecified atom stereocenters. The number of rotatable bonds is 0. The molecule has 1 heterocycles. The zero-order valence-corrected chi connectivity index (χ0v) is 5.51. The Morgan fingerprint density at radius 2 is 2.22 bits per heavy atom. The second-order valence-electron chi connectivity index (χ2n) is 1.66. The van der Waals surface area contributed by atoms with Crippen LogP contribution in [0.4, 0.5) is 0 Å². The Balaban J connectivity index is 3.17. The topological polar surface area (TPSA) is 48.8 Å². The summed E-state index contributed by atoms with van der Waals surface area (Å²) in [5, 5.41) is 17.3. The lowest BCUT2D eigenvalue weighted by Gasteiger charge is -2.02. The van der Waals surface area contributed by atoms with Crippen LogP contribution >= 0.6 is 11.6 Å². The van der Waals surface area contributed by atoms with Crippen molar-refractivity contribution < 1.29 is 5.11 Å². The van der Waals surface area contributed by atoms with E-state index in [2.05, 4.69) is 10.2 Å². The zero-order chi connectivity index (χ0) is 6.85. The van der Waals surface area contributed by atoms with E-state index < -0.39 is 0 Å². The van der Waals surface area contributed by atoms with Crippen LogP contribution in [0.2, 0.25) is 5.15 Å². The third-order valence-corrected chi connectivity index (χ3v) is 1.28. The van der Waals surface area contributed by atoms with Crippen molar-refractivity contribution in [3.8, 4) is 5.88 Å². The maximum Gasteiger partial charge on any atom is 0.154 e. The molecular weight excluding hydrogens is 140 g/mol. The van der Waals surface area contributed by atoms with Crippen LogP contribution in [0, 0.1) is 6.92 Å². The molecule has 0 aromatic carbocycles. The first-order chi connectivity index (χ1) is 4.20. The van der Waals surface area contributed by atoms with Gasteiger partial charge in [-0.2, -0.15) is 5.10 Å². The smallest absolute Gasteiger partial charge is 0.154 e. The van der Waals surface area contributed by atoms with Gasteiger partial charge in [-0.1, -0.05) is 11.6 Å². The molecule has 1 aromatic rings. The highest BCUT2D eigenvalue weighted by molar-refractivity contribution is 6.30. The lowest BCUT2D eigenvalue weighted by Crippen LogP contribution is -1.96. The molecular formula is C5H4ClN2O-. The van der Waals surface area contributed by atoms with Crippen LogP contribution in [0.15, 0.2) is 6.07 Å². The Morgan fingerprint density at radius 3 is 2.67 bits per heavy atom. The van der Waals surface area contributed by atoms with Gasteiger partial charge < -0.3 is 5.11 Å². The van der Waals surface area contributed by atoms with Gasteiger partial charge in [-0.3, -0.25) is 0 Å². The number of nitrogens with zero attached hydrogens (tertiary/aromatic N) is 2. The molecule has 48 valence electrons.